The quantitative estimate of drug-likeness (QED) is 0.873. The molecule has 2 rings (SSSR count). The van der Waals surface area contributed by atoms with Gasteiger partial charge in [0.1, 0.15) is 0 Å². The topological polar surface area (TPSA) is 28.2 Å². The number of aromatic nitrogens is 1. The smallest absolute Gasteiger partial charge is 0.0271 e. The van der Waals surface area contributed by atoms with Gasteiger partial charge in [-0.2, -0.15) is 0 Å². The average Bonchev–Trinajstić information content (AvgIpc) is 2.31. The Morgan fingerprint density at radius 3 is 2.88 bits per heavy atom. The predicted molar refractivity (Wildman–Crippen MR) is 68.8 cm³/mol. The maximum atomic E-state index is 4.04. The van der Waals surface area contributed by atoms with Gasteiger partial charge in [-0.3, -0.25) is 9.88 Å². The van der Waals surface area contributed by atoms with Gasteiger partial charge in [-0.25, -0.2) is 0 Å². The van der Waals surface area contributed by atoms with E-state index < -0.39 is 0 Å². The Kier molecular flexibility index (Phi) is 5.74. The van der Waals surface area contributed by atoms with E-state index in [0.29, 0.717) is 6.04 Å². The van der Waals surface area contributed by atoms with Crippen LogP contribution in [0.1, 0.15) is 18.4 Å². The molecule has 0 spiro atoms. The van der Waals surface area contributed by atoms with Gasteiger partial charge in [-0.15, -0.1) is 12.4 Å². The number of hydrogen-bond donors (Lipinski definition) is 1. The van der Waals surface area contributed by atoms with Crippen LogP contribution >= 0.6 is 12.4 Å². The van der Waals surface area contributed by atoms with E-state index in [4.69, 9.17) is 0 Å². The molecule has 1 N–H and O–H groups in total. The van der Waals surface area contributed by atoms with Crippen molar-refractivity contribution in [1.29, 1.82) is 0 Å². The van der Waals surface area contributed by atoms with E-state index in [1.807, 2.05) is 12.4 Å². The number of likely N-dealkylation sites (N-methyl/N-ethyl adjacent to an activating group) is 1. The number of nitrogens with one attached hydrogen (secondary N) is 1. The minimum Gasteiger partial charge on any atom is -0.316 e. The first-order chi connectivity index (χ1) is 7.38. The molecule has 0 radical (unpaired) electrons. The van der Waals surface area contributed by atoms with Crippen LogP contribution < -0.4 is 5.32 Å². The lowest BCUT2D eigenvalue weighted by atomic mass is 10.1. The Balaban J connectivity index is 0.00000128. The second-order valence-corrected chi connectivity index (χ2v) is 4.22. The standard InChI is InChI=1S/C12H19N3.ClH/c1-13-12-3-2-8-15(10-12)9-11-4-6-14-7-5-11;/h4-7,12-13H,2-3,8-10H2,1H3;1H. The van der Waals surface area contributed by atoms with Gasteiger partial charge in [0.05, 0.1) is 0 Å². The van der Waals surface area contributed by atoms with Crippen LogP contribution in [0.15, 0.2) is 24.5 Å². The van der Waals surface area contributed by atoms with Gasteiger partial charge in [-0.05, 0) is 44.1 Å². The van der Waals surface area contributed by atoms with Crippen molar-refractivity contribution in [3.63, 3.8) is 0 Å². The number of nitrogens with zero attached hydrogens (tertiary/aromatic N) is 2. The highest BCUT2D eigenvalue weighted by Gasteiger charge is 2.17. The molecule has 1 fully saturated rings. The summed E-state index contributed by atoms with van der Waals surface area (Å²) in [4.78, 5) is 6.55. The predicted octanol–water partition coefficient (Wildman–Crippen LogP) is 1.69. The van der Waals surface area contributed by atoms with Crippen molar-refractivity contribution in [2.24, 2.45) is 0 Å². The molecular weight excluding hydrogens is 222 g/mol. The zero-order chi connectivity index (χ0) is 10.5. The van der Waals surface area contributed by atoms with E-state index in [0.717, 1.165) is 6.54 Å². The van der Waals surface area contributed by atoms with E-state index in [-0.39, 0.29) is 12.4 Å². The summed E-state index contributed by atoms with van der Waals surface area (Å²) in [5, 5.41) is 3.37. The Morgan fingerprint density at radius 2 is 2.19 bits per heavy atom. The lowest BCUT2D eigenvalue weighted by Crippen LogP contribution is -2.43. The summed E-state index contributed by atoms with van der Waals surface area (Å²) in [5.74, 6) is 0. The highest BCUT2D eigenvalue weighted by molar-refractivity contribution is 5.85. The molecule has 1 saturated heterocycles. The summed E-state index contributed by atoms with van der Waals surface area (Å²) in [6.07, 6.45) is 6.35. The van der Waals surface area contributed by atoms with E-state index in [2.05, 4.69) is 34.4 Å². The number of rotatable bonds is 3. The first kappa shape index (κ1) is 13.4. The van der Waals surface area contributed by atoms with Crippen molar-refractivity contribution in [2.45, 2.75) is 25.4 Å². The van der Waals surface area contributed by atoms with Gasteiger partial charge in [0, 0.05) is 31.5 Å². The number of halogens is 1. The van der Waals surface area contributed by atoms with E-state index in [9.17, 15) is 0 Å². The molecule has 0 aliphatic carbocycles. The third-order valence-corrected chi connectivity index (χ3v) is 3.07. The molecular formula is C12H20ClN3. The molecule has 16 heavy (non-hydrogen) atoms. The van der Waals surface area contributed by atoms with E-state index >= 15 is 0 Å². The summed E-state index contributed by atoms with van der Waals surface area (Å²) < 4.78 is 0. The SMILES string of the molecule is CNC1CCCN(Cc2ccncc2)C1.Cl. The maximum Gasteiger partial charge on any atom is 0.0271 e. The fourth-order valence-corrected chi connectivity index (χ4v) is 2.18. The van der Waals surface area contributed by atoms with Crippen LogP contribution in [0.5, 0.6) is 0 Å². The first-order valence-corrected chi connectivity index (χ1v) is 5.67. The minimum absolute atomic E-state index is 0. The summed E-state index contributed by atoms with van der Waals surface area (Å²) in [6, 6.07) is 4.87. The maximum absolute atomic E-state index is 4.04. The molecule has 0 saturated carbocycles. The van der Waals surface area contributed by atoms with Crippen LogP contribution in [-0.4, -0.2) is 36.1 Å². The first-order valence-electron chi connectivity index (χ1n) is 5.67. The zero-order valence-electron chi connectivity index (χ0n) is 9.72. The molecule has 1 aliphatic heterocycles. The third kappa shape index (κ3) is 3.74. The van der Waals surface area contributed by atoms with E-state index in [1.165, 1.54) is 31.5 Å². The van der Waals surface area contributed by atoms with Crippen LogP contribution in [0.3, 0.4) is 0 Å². The largest absolute Gasteiger partial charge is 0.316 e. The third-order valence-electron chi connectivity index (χ3n) is 3.07. The molecule has 1 unspecified atom stereocenters. The van der Waals surface area contributed by atoms with Crippen molar-refractivity contribution in [3.8, 4) is 0 Å². The highest BCUT2D eigenvalue weighted by atomic mass is 35.5. The normalized spacial score (nSPS) is 21.4. The van der Waals surface area contributed by atoms with Crippen LogP contribution in [0.25, 0.3) is 0 Å². The zero-order valence-corrected chi connectivity index (χ0v) is 10.5. The minimum atomic E-state index is 0. The van der Waals surface area contributed by atoms with Crippen LogP contribution in [0, 0.1) is 0 Å². The molecule has 1 aromatic heterocycles. The van der Waals surface area contributed by atoms with Crippen molar-refractivity contribution in [2.75, 3.05) is 20.1 Å². The molecule has 3 nitrogen and oxygen atoms in total. The molecule has 1 aromatic rings. The van der Waals surface area contributed by atoms with Gasteiger partial charge >= 0.3 is 0 Å². The fraction of sp³-hybridized carbons (Fsp3) is 0.583. The summed E-state index contributed by atoms with van der Waals surface area (Å²) >= 11 is 0. The second kappa shape index (κ2) is 6.84. The Labute approximate surface area is 104 Å². The Hall–Kier alpha value is -0.640. The van der Waals surface area contributed by atoms with Gasteiger partial charge in [0.25, 0.3) is 0 Å². The monoisotopic (exact) mass is 241 g/mol. The number of pyridine rings is 1. The van der Waals surface area contributed by atoms with E-state index in [1.54, 1.807) is 0 Å². The average molecular weight is 242 g/mol. The summed E-state index contributed by atoms with van der Waals surface area (Å²) in [6.45, 7) is 3.44. The Morgan fingerprint density at radius 1 is 1.44 bits per heavy atom. The molecule has 0 aromatic carbocycles. The summed E-state index contributed by atoms with van der Waals surface area (Å²) in [5.41, 5.74) is 1.36. The van der Waals surface area contributed by atoms with Crippen molar-refractivity contribution >= 4 is 12.4 Å². The van der Waals surface area contributed by atoms with Crippen LogP contribution in [-0.2, 0) is 6.54 Å². The van der Waals surface area contributed by atoms with Crippen molar-refractivity contribution in [1.82, 2.24) is 15.2 Å². The molecule has 0 amide bonds. The lowest BCUT2D eigenvalue weighted by molar-refractivity contribution is 0.188. The van der Waals surface area contributed by atoms with Crippen LogP contribution in [0.4, 0.5) is 0 Å². The van der Waals surface area contributed by atoms with Crippen LogP contribution in [0.2, 0.25) is 0 Å². The number of piperidine rings is 1. The van der Waals surface area contributed by atoms with Crippen molar-refractivity contribution in [3.05, 3.63) is 30.1 Å². The van der Waals surface area contributed by atoms with Gasteiger partial charge in [0.2, 0.25) is 0 Å². The van der Waals surface area contributed by atoms with Gasteiger partial charge in [0.15, 0.2) is 0 Å². The highest BCUT2D eigenvalue weighted by Crippen LogP contribution is 2.12. The Bertz CT molecular complexity index is 292. The number of hydrogen-bond acceptors (Lipinski definition) is 3. The number of likely N-dealkylation sites (tertiary alicyclic amines) is 1. The molecule has 1 atom stereocenters. The van der Waals surface area contributed by atoms with Gasteiger partial charge in [-0.1, -0.05) is 0 Å². The van der Waals surface area contributed by atoms with Gasteiger partial charge < -0.3 is 5.32 Å². The van der Waals surface area contributed by atoms with Crippen molar-refractivity contribution < 1.29 is 0 Å². The lowest BCUT2D eigenvalue weighted by Gasteiger charge is -2.32. The molecule has 2 heterocycles. The molecule has 1 aliphatic rings. The molecule has 4 heteroatoms. The second-order valence-electron chi connectivity index (χ2n) is 4.22. The fourth-order valence-electron chi connectivity index (χ4n) is 2.18. The molecule has 90 valence electrons. The summed E-state index contributed by atoms with van der Waals surface area (Å²) in [7, 11) is 2.06. The molecule has 0 bridgehead atoms.